The molecular formula is C20H25ClN4O2S. The van der Waals surface area contributed by atoms with Crippen molar-refractivity contribution in [3.8, 4) is 0 Å². The number of benzene rings is 1. The number of hydrogen-bond acceptors (Lipinski definition) is 6. The van der Waals surface area contributed by atoms with Crippen molar-refractivity contribution in [2.75, 3.05) is 24.7 Å². The highest BCUT2D eigenvalue weighted by Crippen LogP contribution is 2.29. The summed E-state index contributed by atoms with van der Waals surface area (Å²) in [4.78, 5) is 23.1. The highest BCUT2D eigenvalue weighted by Gasteiger charge is 2.29. The molecule has 1 heterocycles. The highest BCUT2D eigenvalue weighted by molar-refractivity contribution is 7.98. The van der Waals surface area contributed by atoms with Gasteiger partial charge in [0.2, 0.25) is 0 Å². The Morgan fingerprint density at radius 2 is 2.04 bits per heavy atom. The van der Waals surface area contributed by atoms with E-state index in [4.69, 9.17) is 11.6 Å². The number of nitrogens with zero attached hydrogens (tertiary/aromatic N) is 3. The summed E-state index contributed by atoms with van der Waals surface area (Å²) in [5.74, 6) is 0.441. The van der Waals surface area contributed by atoms with E-state index in [9.17, 15) is 9.90 Å². The molecule has 0 unspecified atom stereocenters. The normalized spacial score (nSPS) is 15.9. The maximum atomic E-state index is 12.7. The first-order chi connectivity index (χ1) is 13.4. The van der Waals surface area contributed by atoms with E-state index >= 15 is 0 Å². The first-order valence-electron chi connectivity index (χ1n) is 9.32. The summed E-state index contributed by atoms with van der Waals surface area (Å²) >= 11 is 7.81. The van der Waals surface area contributed by atoms with Crippen LogP contribution in [0.3, 0.4) is 0 Å². The average molecular weight is 421 g/mol. The molecule has 1 aromatic carbocycles. The summed E-state index contributed by atoms with van der Waals surface area (Å²) in [6.45, 7) is 0.241. The lowest BCUT2D eigenvalue weighted by molar-refractivity contribution is 0.00526. The van der Waals surface area contributed by atoms with Crippen molar-refractivity contribution in [2.45, 2.75) is 42.7 Å². The molecule has 1 fully saturated rings. The van der Waals surface area contributed by atoms with Crippen LogP contribution in [0.4, 0.5) is 11.5 Å². The average Bonchev–Trinajstić information content (AvgIpc) is 2.72. The second-order valence-corrected chi connectivity index (χ2v) is 8.34. The van der Waals surface area contributed by atoms with Gasteiger partial charge >= 0.3 is 0 Å². The minimum Gasteiger partial charge on any atom is -0.388 e. The molecule has 2 N–H and O–H groups in total. The molecule has 6 nitrogen and oxygen atoms in total. The number of carbonyl (C=O) groups is 1. The van der Waals surface area contributed by atoms with E-state index in [1.807, 2.05) is 30.3 Å². The van der Waals surface area contributed by atoms with Gasteiger partial charge in [0, 0.05) is 25.3 Å². The number of hydrogen-bond donors (Lipinski definition) is 2. The molecular weight excluding hydrogens is 396 g/mol. The van der Waals surface area contributed by atoms with Gasteiger partial charge in [0.25, 0.3) is 5.91 Å². The van der Waals surface area contributed by atoms with Crippen molar-refractivity contribution in [1.82, 2.24) is 15.3 Å². The monoisotopic (exact) mass is 420 g/mol. The molecule has 0 spiro atoms. The molecule has 1 aliphatic rings. The molecule has 0 saturated heterocycles. The van der Waals surface area contributed by atoms with Crippen molar-refractivity contribution in [3.63, 3.8) is 0 Å². The summed E-state index contributed by atoms with van der Waals surface area (Å²) < 4.78 is 0. The van der Waals surface area contributed by atoms with Gasteiger partial charge in [-0.15, -0.1) is 11.8 Å². The van der Waals surface area contributed by atoms with Gasteiger partial charge in [-0.25, -0.2) is 9.97 Å². The topological polar surface area (TPSA) is 78.4 Å². The van der Waals surface area contributed by atoms with Crippen LogP contribution in [0.25, 0.3) is 0 Å². The number of rotatable bonds is 6. The number of thioether (sulfide) groups is 1. The van der Waals surface area contributed by atoms with Crippen LogP contribution in [0.15, 0.2) is 35.6 Å². The molecule has 8 heteroatoms. The Balaban J connectivity index is 1.75. The number of halogens is 1. The number of anilines is 2. The van der Waals surface area contributed by atoms with Gasteiger partial charge in [-0.05, 0) is 37.3 Å². The van der Waals surface area contributed by atoms with E-state index in [0.717, 1.165) is 48.6 Å². The maximum absolute atomic E-state index is 12.7. The van der Waals surface area contributed by atoms with Gasteiger partial charge in [0.1, 0.15) is 17.2 Å². The molecule has 3 rings (SSSR count). The van der Waals surface area contributed by atoms with Crippen molar-refractivity contribution >= 4 is 40.8 Å². The molecule has 0 bridgehead atoms. The Morgan fingerprint density at radius 1 is 1.29 bits per heavy atom. The molecule has 0 aliphatic heterocycles. The quantitative estimate of drug-likeness (QED) is 0.542. The summed E-state index contributed by atoms with van der Waals surface area (Å²) in [6.07, 6.45) is 8.03. The Labute approximate surface area is 174 Å². The molecule has 1 amide bonds. The van der Waals surface area contributed by atoms with Gasteiger partial charge in [-0.2, -0.15) is 0 Å². The van der Waals surface area contributed by atoms with Crippen molar-refractivity contribution < 1.29 is 9.90 Å². The van der Waals surface area contributed by atoms with E-state index in [0.29, 0.717) is 10.6 Å². The largest absolute Gasteiger partial charge is 0.388 e. The van der Waals surface area contributed by atoms with Gasteiger partial charge in [0.15, 0.2) is 0 Å². The number of carbonyl (C=O) groups excluding carboxylic acids is 1. The van der Waals surface area contributed by atoms with E-state index in [1.165, 1.54) is 18.1 Å². The SMILES string of the molecule is CSc1cc(N(C)c2ccc(Cl)c(C(=O)NCC3(O)CCCCC3)c2)ncn1. The Bertz CT molecular complexity index is 843. The van der Waals surface area contributed by atoms with Crippen LogP contribution in [0.2, 0.25) is 5.02 Å². The minimum atomic E-state index is -0.816. The third-order valence-electron chi connectivity index (χ3n) is 5.12. The first-order valence-corrected chi connectivity index (χ1v) is 10.9. The van der Waals surface area contributed by atoms with Gasteiger partial charge in [-0.1, -0.05) is 30.9 Å². The molecule has 1 aliphatic carbocycles. The van der Waals surface area contributed by atoms with Crippen LogP contribution >= 0.6 is 23.4 Å². The van der Waals surface area contributed by atoms with Crippen molar-refractivity contribution in [3.05, 3.63) is 41.2 Å². The molecule has 0 radical (unpaired) electrons. The molecule has 1 saturated carbocycles. The number of aliphatic hydroxyl groups is 1. The standard InChI is InChI=1S/C20H25ClN4O2S/c1-25(17-11-18(28-2)24-13-23-17)14-6-7-16(21)15(10-14)19(26)22-12-20(27)8-4-3-5-9-20/h6-7,10-11,13,27H,3-5,8-9,12H2,1-2H3,(H,22,26). The predicted molar refractivity (Wildman–Crippen MR) is 114 cm³/mol. The van der Waals surface area contributed by atoms with Gasteiger partial charge in [0.05, 0.1) is 16.2 Å². The molecule has 150 valence electrons. The van der Waals surface area contributed by atoms with Crippen LogP contribution in [-0.2, 0) is 0 Å². The second kappa shape index (κ2) is 9.11. The zero-order chi connectivity index (χ0) is 20.1. The van der Waals surface area contributed by atoms with Crippen molar-refractivity contribution in [1.29, 1.82) is 0 Å². The first kappa shape index (κ1) is 20.9. The zero-order valence-corrected chi connectivity index (χ0v) is 17.7. The van der Waals surface area contributed by atoms with Crippen LogP contribution in [0.1, 0.15) is 42.5 Å². The fraction of sp³-hybridized carbons (Fsp3) is 0.450. The summed E-state index contributed by atoms with van der Waals surface area (Å²) in [5.41, 5.74) is 0.352. The number of amides is 1. The maximum Gasteiger partial charge on any atom is 0.252 e. The van der Waals surface area contributed by atoms with E-state index in [1.54, 1.807) is 12.1 Å². The second-order valence-electron chi connectivity index (χ2n) is 7.11. The van der Waals surface area contributed by atoms with Gasteiger partial charge in [-0.3, -0.25) is 4.79 Å². The van der Waals surface area contributed by atoms with Crippen LogP contribution in [0.5, 0.6) is 0 Å². The summed E-state index contributed by atoms with van der Waals surface area (Å²) in [6, 6.07) is 7.17. The minimum absolute atomic E-state index is 0.241. The Kier molecular flexibility index (Phi) is 6.80. The van der Waals surface area contributed by atoms with Crippen LogP contribution in [-0.4, -0.2) is 46.4 Å². The van der Waals surface area contributed by atoms with E-state index < -0.39 is 5.60 Å². The Morgan fingerprint density at radius 3 is 2.75 bits per heavy atom. The molecule has 2 aromatic rings. The summed E-state index contributed by atoms with van der Waals surface area (Å²) in [7, 11) is 1.88. The highest BCUT2D eigenvalue weighted by atomic mass is 35.5. The lowest BCUT2D eigenvalue weighted by Gasteiger charge is -2.32. The smallest absolute Gasteiger partial charge is 0.252 e. The molecule has 28 heavy (non-hydrogen) atoms. The van der Waals surface area contributed by atoms with Crippen molar-refractivity contribution in [2.24, 2.45) is 0 Å². The van der Waals surface area contributed by atoms with Crippen LogP contribution < -0.4 is 10.2 Å². The fourth-order valence-corrected chi connectivity index (χ4v) is 3.96. The lowest BCUT2D eigenvalue weighted by Crippen LogP contribution is -2.44. The van der Waals surface area contributed by atoms with Gasteiger partial charge < -0.3 is 15.3 Å². The van der Waals surface area contributed by atoms with E-state index in [-0.39, 0.29) is 12.5 Å². The number of aromatic nitrogens is 2. The third kappa shape index (κ3) is 4.96. The predicted octanol–water partition coefficient (Wildman–Crippen LogP) is 4.04. The Hall–Kier alpha value is -1.83. The van der Waals surface area contributed by atoms with Crippen LogP contribution in [0, 0.1) is 0 Å². The number of nitrogens with one attached hydrogen (secondary N) is 1. The zero-order valence-electron chi connectivity index (χ0n) is 16.1. The molecule has 1 aromatic heterocycles. The molecule has 0 atom stereocenters. The fourth-order valence-electron chi connectivity index (χ4n) is 3.38. The lowest BCUT2D eigenvalue weighted by atomic mass is 9.85. The third-order valence-corrected chi connectivity index (χ3v) is 6.10. The summed E-state index contributed by atoms with van der Waals surface area (Å²) in [5, 5.41) is 14.7. The van der Waals surface area contributed by atoms with E-state index in [2.05, 4.69) is 15.3 Å².